The van der Waals surface area contributed by atoms with Crippen molar-refractivity contribution in [3.63, 3.8) is 0 Å². The highest BCUT2D eigenvalue weighted by Gasteiger charge is 2.24. The molecule has 0 aromatic carbocycles. The van der Waals surface area contributed by atoms with Gasteiger partial charge in [0.15, 0.2) is 0 Å². The molecule has 2 heterocycles. The Morgan fingerprint density at radius 1 is 1.44 bits per heavy atom. The lowest BCUT2D eigenvalue weighted by Crippen LogP contribution is -2.49. The Balaban J connectivity index is 0.00000288. The molecule has 1 aliphatic heterocycles. The molecule has 0 bridgehead atoms. The first-order valence-electron chi connectivity index (χ1n) is 8.27. The van der Waals surface area contributed by atoms with Gasteiger partial charge >= 0.3 is 0 Å². The third kappa shape index (κ3) is 7.50. The van der Waals surface area contributed by atoms with Gasteiger partial charge in [0.05, 0.1) is 18.9 Å². The second kappa shape index (κ2) is 11.7. The van der Waals surface area contributed by atoms with Crippen LogP contribution in [0.15, 0.2) is 12.4 Å². The van der Waals surface area contributed by atoms with E-state index < -0.39 is 0 Å². The van der Waals surface area contributed by atoms with Crippen LogP contribution in [0.3, 0.4) is 0 Å². The highest BCUT2D eigenvalue weighted by Crippen LogP contribution is 2.12. The standard InChI is InChI=1S/C16H29N5O2.2ClH/c1-12(2)9-21-5-6-23-14(11-21)8-18-16(22)15(17-3)13-7-19-20(4)10-13;;/h7,10,12,14-15,17H,5-6,8-9,11H2,1-4H3,(H,18,22);2*1H. The van der Waals surface area contributed by atoms with Crippen LogP contribution in [-0.4, -0.2) is 66.5 Å². The van der Waals surface area contributed by atoms with Gasteiger partial charge in [-0.05, 0) is 13.0 Å². The summed E-state index contributed by atoms with van der Waals surface area (Å²) >= 11 is 0. The Hall–Kier alpha value is -0.860. The topological polar surface area (TPSA) is 71.4 Å². The molecule has 2 N–H and O–H groups in total. The Morgan fingerprint density at radius 3 is 2.72 bits per heavy atom. The van der Waals surface area contributed by atoms with E-state index in [2.05, 4.69) is 34.5 Å². The van der Waals surface area contributed by atoms with Crippen LogP contribution in [0.25, 0.3) is 0 Å². The molecule has 25 heavy (non-hydrogen) atoms. The molecule has 0 saturated carbocycles. The summed E-state index contributed by atoms with van der Waals surface area (Å²) in [6.45, 7) is 8.61. The summed E-state index contributed by atoms with van der Waals surface area (Å²) in [5.74, 6) is 0.590. The second-order valence-corrected chi connectivity index (χ2v) is 6.56. The van der Waals surface area contributed by atoms with Gasteiger partial charge in [0, 0.05) is 45.0 Å². The van der Waals surface area contributed by atoms with E-state index in [4.69, 9.17) is 4.74 Å². The smallest absolute Gasteiger partial charge is 0.241 e. The Labute approximate surface area is 162 Å². The first kappa shape index (κ1) is 24.1. The van der Waals surface area contributed by atoms with E-state index in [-0.39, 0.29) is 42.9 Å². The zero-order chi connectivity index (χ0) is 16.8. The molecule has 1 amide bonds. The van der Waals surface area contributed by atoms with Gasteiger partial charge in [-0.3, -0.25) is 14.4 Å². The van der Waals surface area contributed by atoms with Crippen LogP contribution in [0.5, 0.6) is 0 Å². The lowest BCUT2D eigenvalue weighted by atomic mass is 10.1. The minimum Gasteiger partial charge on any atom is -0.374 e. The molecular weight excluding hydrogens is 365 g/mol. The van der Waals surface area contributed by atoms with Gasteiger partial charge in [-0.2, -0.15) is 5.10 Å². The van der Waals surface area contributed by atoms with Crippen LogP contribution in [0.2, 0.25) is 0 Å². The summed E-state index contributed by atoms with van der Waals surface area (Å²) in [7, 11) is 3.62. The first-order chi connectivity index (χ1) is 11.0. The predicted molar refractivity (Wildman–Crippen MR) is 104 cm³/mol. The summed E-state index contributed by atoms with van der Waals surface area (Å²) in [6, 6.07) is -0.390. The highest BCUT2D eigenvalue weighted by atomic mass is 35.5. The van der Waals surface area contributed by atoms with Gasteiger partial charge in [-0.25, -0.2) is 0 Å². The number of hydrogen-bond donors (Lipinski definition) is 2. The van der Waals surface area contributed by atoms with E-state index in [1.165, 1.54) is 0 Å². The number of carbonyl (C=O) groups is 1. The number of hydrogen-bond acceptors (Lipinski definition) is 5. The van der Waals surface area contributed by atoms with Crippen LogP contribution in [0, 0.1) is 5.92 Å². The Bertz CT molecular complexity index is 512. The molecule has 146 valence electrons. The van der Waals surface area contributed by atoms with Crippen molar-refractivity contribution >= 4 is 30.7 Å². The number of aryl methyl sites for hydroxylation is 1. The SMILES string of the molecule is CNC(C(=O)NCC1CN(CC(C)C)CCO1)c1cnn(C)c1.Cl.Cl. The third-order valence-electron chi connectivity index (χ3n) is 3.96. The lowest BCUT2D eigenvalue weighted by molar-refractivity contribution is -0.124. The summed E-state index contributed by atoms with van der Waals surface area (Å²) in [5.41, 5.74) is 0.860. The number of morpholine rings is 1. The fourth-order valence-corrected chi connectivity index (χ4v) is 2.94. The van der Waals surface area contributed by atoms with E-state index in [0.29, 0.717) is 12.5 Å². The van der Waals surface area contributed by atoms with E-state index in [1.807, 2.05) is 13.2 Å². The average molecular weight is 396 g/mol. The predicted octanol–water partition coefficient (Wildman–Crippen LogP) is 0.997. The minimum absolute atomic E-state index is 0. The summed E-state index contributed by atoms with van der Waals surface area (Å²) in [5, 5.41) is 10.2. The summed E-state index contributed by atoms with van der Waals surface area (Å²) < 4.78 is 7.47. The van der Waals surface area contributed by atoms with Crippen LogP contribution >= 0.6 is 24.8 Å². The zero-order valence-corrected chi connectivity index (χ0v) is 17.0. The number of nitrogens with zero attached hydrogens (tertiary/aromatic N) is 3. The van der Waals surface area contributed by atoms with E-state index in [0.717, 1.165) is 31.8 Å². The normalized spacial score (nSPS) is 19.0. The quantitative estimate of drug-likeness (QED) is 0.720. The molecule has 2 atom stereocenters. The molecule has 1 fully saturated rings. The van der Waals surface area contributed by atoms with Crippen LogP contribution in [0.1, 0.15) is 25.5 Å². The summed E-state index contributed by atoms with van der Waals surface area (Å²) in [6.07, 6.45) is 3.61. The van der Waals surface area contributed by atoms with Gasteiger partial charge < -0.3 is 15.4 Å². The largest absolute Gasteiger partial charge is 0.374 e. The number of carbonyl (C=O) groups excluding carboxylic acids is 1. The number of nitrogens with one attached hydrogen (secondary N) is 2. The monoisotopic (exact) mass is 395 g/mol. The van der Waals surface area contributed by atoms with Crippen LogP contribution < -0.4 is 10.6 Å². The molecule has 2 unspecified atom stereocenters. The van der Waals surface area contributed by atoms with Gasteiger partial charge in [0.25, 0.3) is 0 Å². The van der Waals surface area contributed by atoms with Crippen LogP contribution in [-0.2, 0) is 16.6 Å². The molecule has 7 nitrogen and oxygen atoms in total. The van der Waals surface area contributed by atoms with E-state index >= 15 is 0 Å². The Kier molecular flexibility index (Phi) is 11.3. The molecule has 1 aliphatic rings. The molecular formula is C16H31Cl2N5O2. The first-order valence-corrected chi connectivity index (χ1v) is 8.27. The van der Waals surface area contributed by atoms with Crippen molar-refractivity contribution < 1.29 is 9.53 Å². The third-order valence-corrected chi connectivity index (χ3v) is 3.96. The maximum absolute atomic E-state index is 12.4. The summed E-state index contributed by atoms with van der Waals surface area (Å²) in [4.78, 5) is 14.8. The minimum atomic E-state index is -0.390. The van der Waals surface area contributed by atoms with Crippen molar-refractivity contribution in [3.8, 4) is 0 Å². The van der Waals surface area contributed by atoms with Gasteiger partial charge in [-0.1, -0.05) is 13.8 Å². The second-order valence-electron chi connectivity index (χ2n) is 6.56. The van der Waals surface area contributed by atoms with Gasteiger partial charge in [0.2, 0.25) is 5.91 Å². The molecule has 0 aliphatic carbocycles. The van der Waals surface area contributed by atoms with Gasteiger partial charge in [0.1, 0.15) is 6.04 Å². The lowest BCUT2D eigenvalue weighted by Gasteiger charge is -2.34. The number of ether oxygens (including phenoxy) is 1. The fraction of sp³-hybridized carbons (Fsp3) is 0.750. The maximum Gasteiger partial charge on any atom is 0.241 e. The molecule has 1 aromatic heterocycles. The van der Waals surface area contributed by atoms with Crippen molar-refractivity contribution in [1.29, 1.82) is 0 Å². The van der Waals surface area contributed by atoms with E-state index in [1.54, 1.807) is 17.9 Å². The van der Waals surface area contributed by atoms with Gasteiger partial charge in [-0.15, -0.1) is 24.8 Å². The number of amides is 1. The Morgan fingerprint density at radius 2 is 2.16 bits per heavy atom. The fourth-order valence-electron chi connectivity index (χ4n) is 2.94. The van der Waals surface area contributed by atoms with Crippen LogP contribution in [0.4, 0.5) is 0 Å². The molecule has 0 radical (unpaired) electrons. The number of rotatable bonds is 7. The molecule has 2 rings (SSSR count). The molecule has 0 spiro atoms. The van der Waals surface area contributed by atoms with Crippen molar-refractivity contribution in [2.45, 2.75) is 26.0 Å². The number of halogens is 2. The van der Waals surface area contributed by atoms with Crippen molar-refractivity contribution in [1.82, 2.24) is 25.3 Å². The maximum atomic E-state index is 12.4. The number of likely N-dealkylation sites (N-methyl/N-ethyl adjacent to an activating group) is 1. The molecule has 1 aromatic rings. The van der Waals surface area contributed by atoms with E-state index in [9.17, 15) is 4.79 Å². The molecule has 9 heteroatoms. The zero-order valence-electron chi connectivity index (χ0n) is 15.4. The van der Waals surface area contributed by atoms with Crippen molar-refractivity contribution in [2.75, 3.05) is 39.8 Å². The number of aromatic nitrogens is 2. The highest BCUT2D eigenvalue weighted by molar-refractivity contribution is 5.85. The average Bonchev–Trinajstić information content (AvgIpc) is 2.92. The molecule has 1 saturated heterocycles. The van der Waals surface area contributed by atoms with Crippen molar-refractivity contribution in [2.24, 2.45) is 13.0 Å². The van der Waals surface area contributed by atoms with Crippen molar-refractivity contribution in [3.05, 3.63) is 18.0 Å².